The van der Waals surface area contributed by atoms with Gasteiger partial charge in [-0.25, -0.2) is 0 Å². The molecule has 1 saturated carbocycles. The fourth-order valence-corrected chi connectivity index (χ4v) is 3.19. The molecule has 6 heteroatoms. The Kier molecular flexibility index (Phi) is 7.77. The summed E-state index contributed by atoms with van der Waals surface area (Å²) in [4.78, 5) is 2.62. The van der Waals surface area contributed by atoms with Crippen LogP contribution in [0.1, 0.15) is 24.4 Å². The molecule has 1 saturated heterocycles. The lowest BCUT2D eigenvalue weighted by Gasteiger charge is -2.35. The second-order valence-corrected chi connectivity index (χ2v) is 5.68. The number of piperazine rings is 1. The quantitative estimate of drug-likeness (QED) is 0.886. The summed E-state index contributed by atoms with van der Waals surface area (Å²) in [6.07, 6.45) is 2.70. The average molecular weight is 349 g/mol. The molecular weight excluding hydrogens is 323 g/mol. The molecule has 1 aliphatic carbocycles. The molecule has 1 aromatic carbocycles. The molecule has 2 aliphatic rings. The van der Waals surface area contributed by atoms with Crippen LogP contribution in [0.3, 0.4) is 0 Å². The van der Waals surface area contributed by atoms with Crippen molar-refractivity contribution in [1.82, 2.24) is 10.2 Å². The molecule has 0 bridgehead atoms. The zero-order valence-electron chi connectivity index (χ0n) is 13.2. The Morgan fingerprint density at radius 1 is 1.05 bits per heavy atom. The van der Waals surface area contributed by atoms with E-state index in [0.29, 0.717) is 6.04 Å². The molecule has 1 aromatic rings. The highest BCUT2D eigenvalue weighted by Gasteiger charge is 2.37. The maximum Gasteiger partial charge on any atom is 0.161 e. The van der Waals surface area contributed by atoms with Crippen molar-refractivity contribution in [2.45, 2.75) is 18.9 Å². The summed E-state index contributed by atoms with van der Waals surface area (Å²) in [6, 6.07) is 6.93. The predicted octanol–water partition coefficient (Wildman–Crippen LogP) is 2.90. The van der Waals surface area contributed by atoms with Crippen LogP contribution < -0.4 is 14.8 Å². The Morgan fingerprint density at radius 3 is 2.23 bits per heavy atom. The average Bonchev–Trinajstić information content (AvgIpc) is 3.33. The maximum absolute atomic E-state index is 5.46. The molecule has 1 aliphatic heterocycles. The summed E-state index contributed by atoms with van der Waals surface area (Å²) in [5.74, 6) is 2.46. The zero-order valence-corrected chi connectivity index (χ0v) is 14.8. The van der Waals surface area contributed by atoms with Crippen LogP contribution in [0.4, 0.5) is 0 Å². The molecule has 3 rings (SSSR count). The molecule has 4 nitrogen and oxygen atoms in total. The van der Waals surface area contributed by atoms with Crippen molar-refractivity contribution in [3.05, 3.63) is 23.8 Å². The van der Waals surface area contributed by atoms with Crippen molar-refractivity contribution in [1.29, 1.82) is 0 Å². The number of nitrogens with one attached hydrogen (secondary N) is 1. The summed E-state index contributed by atoms with van der Waals surface area (Å²) < 4.78 is 10.8. The Labute approximate surface area is 145 Å². The Morgan fingerprint density at radius 2 is 1.68 bits per heavy atom. The number of hydrogen-bond acceptors (Lipinski definition) is 4. The third kappa shape index (κ3) is 4.19. The lowest BCUT2D eigenvalue weighted by atomic mass is 9.99. The first kappa shape index (κ1) is 19.4. The number of ether oxygens (including phenoxy) is 2. The standard InChI is InChI=1S/C16H24N2O2.2ClH/c1-19-14-6-5-13(11-15(14)20-2)16(12-3-4-12)18-9-7-17-8-10-18;;/h5-6,11-12,16-17H,3-4,7-10H2,1-2H3;2*1H/t16-;;/m0../s1. The van der Waals surface area contributed by atoms with Crippen molar-refractivity contribution in [2.75, 3.05) is 40.4 Å². The number of methoxy groups -OCH3 is 2. The molecule has 0 unspecified atom stereocenters. The molecule has 1 heterocycles. The molecule has 0 spiro atoms. The maximum atomic E-state index is 5.46. The van der Waals surface area contributed by atoms with E-state index < -0.39 is 0 Å². The van der Waals surface area contributed by atoms with Crippen molar-refractivity contribution in [3.63, 3.8) is 0 Å². The third-order valence-corrected chi connectivity index (χ3v) is 4.36. The van der Waals surface area contributed by atoms with Gasteiger partial charge in [-0.2, -0.15) is 0 Å². The van der Waals surface area contributed by atoms with Crippen LogP contribution in [0, 0.1) is 5.92 Å². The second-order valence-electron chi connectivity index (χ2n) is 5.68. The molecule has 22 heavy (non-hydrogen) atoms. The second kappa shape index (κ2) is 8.82. The Bertz CT molecular complexity index is 463. The fourth-order valence-electron chi connectivity index (χ4n) is 3.19. The Hall–Kier alpha value is -0.680. The van der Waals surface area contributed by atoms with E-state index in [-0.39, 0.29) is 24.8 Å². The van der Waals surface area contributed by atoms with Gasteiger partial charge in [0.15, 0.2) is 11.5 Å². The van der Waals surface area contributed by atoms with Gasteiger partial charge in [0.1, 0.15) is 0 Å². The van der Waals surface area contributed by atoms with Gasteiger partial charge in [0.05, 0.1) is 14.2 Å². The summed E-state index contributed by atoms with van der Waals surface area (Å²) in [7, 11) is 3.39. The lowest BCUT2D eigenvalue weighted by molar-refractivity contribution is 0.156. The molecule has 0 radical (unpaired) electrons. The SMILES string of the molecule is COc1ccc([C@H](C2CC2)N2CCNCC2)cc1OC.Cl.Cl. The number of rotatable bonds is 5. The van der Waals surface area contributed by atoms with Gasteiger partial charge in [0, 0.05) is 32.2 Å². The summed E-state index contributed by atoms with van der Waals surface area (Å²) in [5, 5.41) is 3.43. The molecular formula is C16H26Cl2N2O2. The van der Waals surface area contributed by atoms with E-state index >= 15 is 0 Å². The van der Waals surface area contributed by atoms with Crippen LogP contribution in [0.2, 0.25) is 0 Å². The topological polar surface area (TPSA) is 33.7 Å². The zero-order chi connectivity index (χ0) is 13.9. The molecule has 0 amide bonds. The first-order valence-electron chi connectivity index (χ1n) is 7.50. The van der Waals surface area contributed by atoms with Crippen molar-refractivity contribution in [2.24, 2.45) is 5.92 Å². The fraction of sp³-hybridized carbons (Fsp3) is 0.625. The van der Waals surface area contributed by atoms with Crippen LogP contribution in [0.15, 0.2) is 18.2 Å². The third-order valence-electron chi connectivity index (χ3n) is 4.36. The van der Waals surface area contributed by atoms with E-state index in [0.717, 1.165) is 43.6 Å². The van der Waals surface area contributed by atoms with Crippen molar-refractivity contribution >= 4 is 24.8 Å². The van der Waals surface area contributed by atoms with Gasteiger partial charge in [0.2, 0.25) is 0 Å². The highest BCUT2D eigenvalue weighted by molar-refractivity contribution is 5.85. The van der Waals surface area contributed by atoms with Gasteiger partial charge in [-0.05, 0) is 36.5 Å². The number of benzene rings is 1. The molecule has 2 fully saturated rings. The van der Waals surface area contributed by atoms with Crippen LogP contribution in [-0.4, -0.2) is 45.3 Å². The van der Waals surface area contributed by atoms with Crippen LogP contribution in [0.25, 0.3) is 0 Å². The van der Waals surface area contributed by atoms with Crippen molar-refractivity contribution < 1.29 is 9.47 Å². The first-order chi connectivity index (χ1) is 9.83. The summed E-state index contributed by atoms with van der Waals surface area (Å²) in [5.41, 5.74) is 1.37. The monoisotopic (exact) mass is 348 g/mol. The van der Waals surface area contributed by atoms with Crippen LogP contribution in [-0.2, 0) is 0 Å². The number of halogens is 2. The predicted molar refractivity (Wildman–Crippen MR) is 93.9 cm³/mol. The van der Waals surface area contributed by atoms with E-state index in [4.69, 9.17) is 9.47 Å². The minimum atomic E-state index is 0. The van der Waals surface area contributed by atoms with Gasteiger partial charge in [-0.3, -0.25) is 4.90 Å². The van der Waals surface area contributed by atoms with Gasteiger partial charge in [0.25, 0.3) is 0 Å². The lowest BCUT2D eigenvalue weighted by Crippen LogP contribution is -2.45. The van der Waals surface area contributed by atoms with Gasteiger partial charge in [-0.15, -0.1) is 24.8 Å². The van der Waals surface area contributed by atoms with Crippen LogP contribution in [0.5, 0.6) is 11.5 Å². The first-order valence-corrected chi connectivity index (χ1v) is 7.50. The summed E-state index contributed by atoms with van der Waals surface area (Å²) in [6.45, 7) is 4.46. The largest absolute Gasteiger partial charge is 0.493 e. The normalized spacial score (nSPS) is 19.5. The molecule has 0 aromatic heterocycles. The van der Waals surface area contributed by atoms with E-state index in [1.54, 1.807) is 14.2 Å². The molecule has 126 valence electrons. The minimum Gasteiger partial charge on any atom is -0.493 e. The highest BCUT2D eigenvalue weighted by Crippen LogP contribution is 2.46. The van der Waals surface area contributed by atoms with E-state index in [1.165, 1.54) is 18.4 Å². The number of nitrogens with zero attached hydrogens (tertiary/aromatic N) is 1. The Balaban J connectivity index is 0.00000121. The van der Waals surface area contributed by atoms with Crippen molar-refractivity contribution in [3.8, 4) is 11.5 Å². The van der Waals surface area contributed by atoms with Crippen LogP contribution >= 0.6 is 24.8 Å². The minimum absolute atomic E-state index is 0. The number of hydrogen-bond donors (Lipinski definition) is 1. The van der Waals surface area contributed by atoms with Gasteiger partial charge in [-0.1, -0.05) is 6.07 Å². The van der Waals surface area contributed by atoms with Gasteiger partial charge >= 0.3 is 0 Å². The molecule has 1 atom stereocenters. The van der Waals surface area contributed by atoms with Gasteiger partial charge < -0.3 is 14.8 Å². The highest BCUT2D eigenvalue weighted by atomic mass is 35.5. The summed E-state index contributed by atoms with van der Waals surface area (Å²) >= 11 is 0. The van der Waals surface area contributed by atoms with E-state index in [2.05, 4.69) is 22.3 Å². The smallest absolute Gasteiger partial charge is 0.161 e. The van der Waals surface area contributed by atoms with E-state index in [1.807, 2.05) is 6.07 Å². The van der Waals surface area contributed by atoms with E-state index in [9.17, 15) is 0 Å². The molecule has 1 N–H and O–H groups in total.